The Morgan fingerprint density at radius 3 is 2.62 bits per heavy atom. The average Bonchev–Trinajstić information content (AvgIpc) is 2.25. The number of ether oxygens (including phenoxy) is 2. The van der Waals surface area contributed by atoms with Crippen LogP contribution in [0.2, 0.25) is 0 Å². The van der Waals surface area contributed by atoms with E-state index in [1.54, 1.807) is 13.2 Å². The van der Waals surface area contributed by atoms with Gasteiger partial charge in [0.2, 0.25) is 0 Å². The predicted molar refractivity (Wildman–Crippen MR) is 60.2 cm³/mol. The molecule has 4 nitrogen and oxygen atoms in total. The van der Waals surface area contributed by atoms with Gasteiger partial charge in [-0.1, -0.05) is 19.9 Å². The fraction of sp³-hybridized carbons (Fsp3) is 0.417. The van der Waals surface area contributed by atoms with Crippen molar-refractivity contribution in [2.75, 3.05) is 13.7 Å². The van der Waals surface area contributed by atoms with Crippen LogP contribution in [0.5, 0.6) is 11.5 Å². The fourth-order valence-corrected chi connectivity index (χ4v) is 1.38. The Bertz CT molecular complexity index is 371. The van der Waals surface area contributed by atoms with E-state index >= 15 is 0 Å². The lowest BCUT2D eigenvalue weighted by Gasteiger charge is -2.14. The van der Waals surface area contributed by atoms with Crippen LogP contribution in [0, 0.1) is 0 Å². The van der Waals surface area contributed by atoms with Gasteiger partial charge in [0.15, 0.2) is 6.61 Å². The molecule has 0 bridgehead atoms. The molecule has 0 saturated carbocycles. The van der Waals surface area contributed by atoms with Crippen LogP contribution in [-0.4, -0.2) is 24.8 Å². The Morgan fingerprint density at radius 1 is 1.44 bits per heavy atom. The third kappa shape index (κ3) is 3.15. The number of methoxy groups -OCH3 is 1. The van der Waals surface area contributed by atoms with E-state index < -0.39 is 5.97 Å². The molecule has 0 atom stereocenters. The van der Waals surface area contributed by atoms with Crippen molar-refractivity contribution in [3.05, 3.63) is 23.8 Å². The first kappa shape index (κ1) is 12.4. The number of carbonyl (C=O) groups is 1. The van der Waals surface area contributed by atoms with Crippen LogP contribution >= 0.6 is 0 Å². The Kier molecular flexibility index (Phi) is 4.17. The first-order valence-corrected chi connectivity index (χ1v) is 5.07. The lowest BCUT2D eigenvalue weighted by atomic mass is 10.0. The van der Waals surface area contributed by atoms with Gasteiger partial charge in [0.25, 0.3) is 0 Å². The van der Waals surface area contributed by atoms with Crippen LogP contribution in [-0.2, 0) is 4.79 Å². The van der Waals surface area contributed by atoms with Crippen molar-refractivity contribution in [3.63, 3.8) is 0 Å². The first-order chi connectivity index (χ1) is 7.54. The Labute approximate surface area is 94.8 Å². The van der Waals surface area contributed by atoms with E-state index in [2.05, 4.69) is 0 Å². The molecule has 0 aliphatic carbocycles. The summed E-state index contributed by atoms with van der Waals surface area (Å²) in [5, 5.41) is 8.57. The summed E-state index contributed by atoms with van der Waals surface area (Å²) in [5.41, 5.74) is 0.974. The van der Waals surface area contributed by atoms with Crippen molar-refractivity contribution in [3.8, 4) is 11.5 Å². The van der Waals surface area contributed by atoms with Gasteiger partial charge in [0.05, 0.1) is 7.11 Å². The van der Waals surface area contributed by atoms with Crippen molar-refractivity contribution < 1.29 is 19.4 Å². The van der Waals surface area contributed by atoms with Gasteiger partial charge >= 0.3 is 5.97 Å². The maximum absolute atomic E-state index is 10.5. The van der Waals surface area contributed by atoms with Crippen LogP contribution in [0.3, 0.4) is 0 Å². The number of carboxylic acid groups (broad SMARTS) is 1. The Balaban J connectivity index is 2.95. The quantitative estimate of drug-likeness (QED) is 0.833. The number of hydrogen-bond acceptors (Lipinski definition) is 3. The highest BCUT2D eigenvalue weighted by Crippen LogP contribution is 2.30. The zero-order valence-electron chi connectivity index (χ0n) is 9.69. The van der Waals surface area contributed by atoms with Crippen LogP contribution in [0.4, 0.5) is 0 Å². The molecule has 0 saturated heterocycles. The normalized spacial score (nSPS) is 10.2. The van der Waals surface area contributed by atoms with E-state index in [0.717, 1.165) is 5.56 Å². The van der Waals surface area contributed by atoms with Gasteiger partial charge in [0, 0.05) is 6.07 Å². The third-order valence-electron chi connectivity index (χ3n) is 2.19. The summed E-state index contributed by atoms with van der Waals surface area (Å²) in [5.74, 6) is 0.508. The van der Waals surface area contributed by atoms with E-state index in [0.29, 0.717) is 11.5 Å². The molecule has 88 valence electrons. The summed E-state index contributed by atoms with van der Waals surface area (Å²) >= 11 is 0. The number of carboxylic acids is 1. The van der Waals surface area contributed by atoms with Gasteiger partial charge in [-0.25, -0.2) is 4.79 Å². The molecule has 0 aromatic heterocycles. The van der Waals surface area contributed by atoms with E-state index in [4.69, 9.17) is 14.6 Å². The summed E-state index contributed by atoms with van der Waals surface area (Å²) in [6.45, 7) is 3.71. The molecule has 1 aromatic rings. The second-order valence-corrected chi connectivity index (χ2v) is 3.74. The minimum atomic E-state index is -0.988. The summed E-state index contributed by atoms with van der Waals surface area (Å²) in [6, 6.07) is 5.43. The van der Waals surface area contributed by atoms with Crippen molar-refractivity contribution in [2.24, 2.45) is 0 Å². The van der Waals surface area contributed by atoms with E-state index in [9.17, 15) is 4.79 Å². The maximum atomic E-state index is 10.5. The highest BCUT2D eigenvalue weighted by molar-refractivity contribution is 5.68. The molecular formula is C12H16O4. The van der Waals surface area contributed by atoms with Crippen LogP contribution in [0.1, 0.15) is 25.3 Å². The average molecular weight is 224 g/mol. The molecule has 0 fully saturated rings. The van der Waals surface area contributed by atoms with Crippen LogP contribution in [0.15, 0.2) is 18.2 Å². The molecule has 0 amide bonds. The summed E-state index contributed by atoms with van der Waals surface area (Å²) < 4.78 is 10.3. The van der Waals surface area contributed by atoms with Crippen molar-refractivity contribution in [1.82, 2.24) is 0 Å². The molecule has 0 spiro atoms. The Morgan fingerprint density at radius 2 is 2.12 bits per heavy atom. The number of aliphatic carboxylic acids is 1. The maximum Gasteiger partial charge on any atom is 0.341 e. The molecule has 0 heterocycles. The first-order valence-electron chi connectivity index (χ1n) is 5.07. The molecule has 0 aliphatic rings. The zero-order chi connectivity index (χ0) is 12.1. The number of benzene rings is 1. The molecule has 1 N–H and O–H groups in total. The molecule has 0 unspecified atom stereocenters. The van der Waals surface area contributed by atoms with Crippen LogP contribution < -0.4 is 9.47 Å². The second kappa shape index (κ2) is 5.39. The Hall–Kier alpha value is -1.71. The van der Waals surface area contributed by atoms with Gasteiger partial charge in [-0.05, 0) is 17.5 Å². The summed E-state index contributed by atoms with van der Waals surface area (Å²) in [6.07, 6.45) is 0. The summed E-state index contributed by atoms with van der Waals surface area (Å²) in [7, 11) is 1.56. The van der Waals surface area contributed by atoms with Gasteiger partial charge in [-0.15, -0.1) is 0 Å². The smallest absolute Gasteiger partial charge is 0.341 e. The standard InChI is InChI=1S/C12H16O4/c1-8(2)10-5-4-9(15-3)6-11(10)16-7-12(13)14/h4-6,8H,7H2,1-3H3,(H,13,14). The minimum Gasteiger partial charge on any atom is -0.497 e. The van der Waals surface area contributed by atoms with E-state index in [1.807, 2.05) is 26.0 Å². The number of hydrogen-bond donors (Lipinski definition) is 1. The van der Waals surface area contributed by atoms with Gasteiger partial charge < -0.3 is 14.6 Å². The van der Waals surface area contributed by atoms with Gasteiger partial charge in [-0.2, -0.15) is 0 Å². The SMILES string of the molecule is COc1ccc(C(C)C)c(OCC(=O)O)c1. The lowest BCUT2D eigenvalue weighted by molar-refractivity contribution is -0.139. The number of rotatable bonds is 5. The van der Waals surface area contributed by atoms with E-state index in [-0.39, 0.29) is 12.5 Å². The molecule has 16 heavy (non-hydrogen) atoms. The molecule has 1 rings (SSSR count). The van der Waals surface area contributed by atoms with Crippen LogP contribution in [0.25, 0.3) is 0 Å². The molecule has 0 radical (unpaired) electrons. The predicted octanol–water partition coefficient (Wildman–Crippen LogP) is 2.28. The molecule has 4 heteroatoms. The fourth-order valence-electron chi connectivity index (χ4n) is 1.38. The highest BCUT2D eigenvalue weighted by Gasteiger charge is 2.10. The van der Waals surface area contributed by atoms with E-state index in [1.165, 1.54) is 0 Å². The van der Waals surface area contributed by atoms with Gasteiger partial charge in [0.1, 0.15) is 11.5 Å². The largest absolute Gasteiger partial charge is 0.497 e. The summed E-state index contributed by atoms with van der Waals surface area (Å²) in [4.78, 5) is 10.5. The van der Waals surface area contributed by atoms with Gasteiger partial charge in [-0.3, -0.25) is 0 Å². The molecule has 0 aliphatic heterocycles. The molecular weight excluding hydrogens is 208 g/mol. The lowest BCUT2D eigenvalue weighted by Crippen LogP contribution is -2.11. The highest BCUT2D eigenvalue weighted by atomic mass is 16.5. The second-order valence-electron chi connectivity index (χ2n) is 3.74. The topological polar surface area (TPSA) is 55.8 Å². The molecule has 1 aromatic carbocycles. The van der Waals surface area contributed by atoms with Crippen molar-refractivity contribution in [1.29, 1.82) is 0 Å². The van der Waals surface area contributed by atoms with Crippen molar-refractivity contribution >= 4 is 5.97 Å². The monoisotopic (exact) mass is 224 g/mol. The third-order valence-corrected chi connectivity index (χ3v) is 2.19. The minimum absolute atomic E-state index is 0.273. The zero-order valence-corrected chi connectivity index (χ0v) is 9.69. The van der Waals surface area contributed by atoms with Crippen molar-refractivity contribution in [2.45, 2.75) is 19.8 Å².